The van der Waals surface area contributed by atoms with Gasteiger partial charge >= 0.3 is 0 Å². The number of nitro benzene ring substituents is 1. The number of carbonyl (C=O) groups is 2. The molecule has 2 N–H and O–H groups in total. The molecular formula is C21H17N3O4. The molecule has 0 spiro atoms. The van der Waals surface area contributed by atoms with Crippen LogP contribution in [0.3, 0.4) is 0 Å². The lowest BCUT2D eigenvalue weighted by Gasteiger charge is -2.08. The van der Waals surface area contributed by atoms with E-state index in [9.17, 15) is 19.7 Å². The molecule has 3 aromatic carbocycles. The first-order chi connectivity index (χ1) is 13.5. The predicted molar refractivity (Wildman–Crippen MR) is 106 cm³/mol. The highest BCUT2D eigenvalue weighted by atomic mass is 16.6. The zero-order valence-electron chi connectivity index (χ0n) is 14.8. The van der Waals surface area contributed by atoms with E-state index in [0.717, 1.165) is 22.4 Å². The summed E-state index contributed by atoms with van der Waals surface area (Å²) in [7, 11) is 0. The van der Waals surface area contributed by atoms with E-state index in [1.807, 2.05) is 42.5 Å². The van der Waals surface area contributed by atoms with Gasteiger partial charge in [-0.1, -0.05) is 54.6 Å². The first-order valence-corrected chi connectivity index (χ1v) is 8.51. The summed E-state index contributed by atoms with van der Waals surface area (Å²) < 4.78 is 0. The maximum absolute atomic E-state index is 12.1. The van der Waals surface area contributed by atoms with Crippen LogP contribution in [0, 0.1) is 10.1 Å². The molecule has 7 heteroatoms. The molecule has 0 aliphatic heterocycles. The van der Waals surface area contributed by atoms with Gasteiger partial charge in [0.2, 0.25) is 5.91 Å². The number of rotatable bonds is 5. The van der Waals surface area contributed by atoms with Crippen molar-refractivity contribution < 1.29 is 14.5 Å². The number of benzene rings is 3. The number of carbonyl (C=O) groups excluding carboxylic acids is 2. The molecule has 0 aliphatic carbocycles. The normalized spacial score (nSPS) is 10.7. The molecule has 28 heavy (non-hydrogen) atoms. The van der Waals surface area contributed by atoms with Gasteiger partial charge in [-0.2, -0.15) is 0 Å². The standard InChI is InChI=1S/C21H17N3O4/c25-20(13-12-16-7-2-4-11-19(16)24(27)28)22-23-21(26)14-17-9-5-8-15-6-1-3-10-18(15)17/h1-13H,14H2,(H,22,25)(H,23,26)/b13-12+. The zero-order chi connectivity index (χ0) is 19.9. The van der Waals surface area contributed by atoms with Crippen LogP contribution in [-0.2, 0) is 16.0 Å². The first kappa shape index (κ1) is 18.8. The number of hydrogen-bond acceptors (Lipinski definition) is 4. The molecule has 7 nitrogen and oxygen atoms in total. The highest BCUT2D eigenvalue weighted by Crippen LogP contribution is 2.19. The molecule has 0 aromatic heterocycles. The van der Waals surface area contributed by atoms with E-state index >= 15 is 0 Å². The second-order valence-electron chi connectivity index (χ2n) is 6.00. The summed E-state index contributed by atoms with van der Waals surface area (Å²) in [6.45, 7) is 0. The maximum atomic E-state index is 12.1. The SMILES string of the molecule is O=C(/C=C/c1ccccc1[N+](=O)[O-])NNC(=O)Cc1cccc2ccccc12. The lowest BCUT2D eigenvalue weighted by molar-refractivity contribution is -0.385. The molecule has 0 aliphatic rings. The van der Waals surface area contributed by atoms with Gasteiger partial charge < -0.3 is 0 Å². The van der Waals surface area contributed by atoms with E-state index in [2.05, 4.69) is 10.9 Å². The quantitative estimate of drug-likeness (QED) is 0.406. The summed E-state index contributed by atoms with van der Waals surface area (Å²) in [4.78, 5) is 34.5. The monoisotopic (exact) mass is 375 g/mol. The highest BCUT2D eigenvalue weighted by molar-refractivity contribution is 5.94. The van der Waals surface area contributed by atoms with Gasteiger partial charge in [0.05, 0.1) is 16.9 Å². The van der Waals surface area contributed by atoms with E-state index in [-0.39, 0.29) is 18.0 Å². The summed E-state index contributed by atoms with van der Waals surface area (Å²) in [5.41, 5.74) is 5.66. The van der Waals surface area contributed by atoms with Crippen molar-refractivity contribution in [1.29, 1.82) is 0 Å². The second-order valence-corrected chi connectivity index (χ2v) is 6.00. The van der Waals surface area contributed by atoms with Crippen LogP contribution < -0.4 is 10.9 Å². The summed E-state index contributed by atoms with van der Waals surface area (Å²) in [5.74, 6) is -0.965. The number of nitrogens with zero attached hydrogens (tertiary/aromatic N) is 1. The summed E-state index contributed by atoms with van der Waals surface area (Å²) >= 11 is 0. The van der Waals surface area contributed by atoms with Crippen LogP contribution >= 0.6 is 0 Å². The lowest BCUT2D eigenvalue weighted by atomic mass is 10.0. The van der Waals surface area contributed by atoms with Crippen LogP contribution in [0.5, 0.6) is 0 Å². The van der Waals surface area contributed by atoms with Gasteiger partial charge in [-0.25, -0.2) is 0 Å². The Bertz CT molecular complexity index is 1070. The van der Waals surface area contributed by atoms with Gasteiger partial charge in [0.15, 0.2) is 0 Å². The molecule has 0 saturated carbocycles. The Labute approximate surface area is 160 Å². The summed E-state index contributed by atoms with van der Waals surface area (Å²) in [6, 6.07) is 19.5. The van der Waals surface area contributed by atoms with Crippen LogP contribution in [0.2, 0.25) is 0 Å². The van der Waals surface area contributed by atoms with Gasteiger partial charge in [-0.3, -0.25) is 30.6 Å². The molecule has 0 radical (unpaired) electrons. The Kier molecular flexibility index (Phi) is 5.76. The molecule has 140 valence electrons. The van der Waals surface area contributed by atoms with Gasteiger partial charge in [0, 0.05) is 12.1 Å². The Morgan fingerprint density at radius 1 is 0.929 bits per heavy atom. The summed E-state index contributed by atoms with van der Waals surface area (Å²) in [6.07, 6.45) is 2.56. The van der Waals surface area contributed by atoms with Crippen LogP contribution in [-0.4, -0.2) is 16.7 Å². The number of nitrogens with one attached hydrogen (secondary N) is 2. The van der Waals surface area contributed by atoms with E-state index < -0.39 is 10.8 Å². The molecule has 0 bridgehead atoms. The number of amides is 2. The van der Waals surface area contributed by atoms with Crippen molar-refractivity contribution in [3.8, 4) is 0 Å². The first-order valence-electron chi connectivity index (χ1n) is 8.51. The predicted octanol–water partition coefficient (Wildman–Crippen LogP) is 3.15. The minimum Gasteiger partial charge on any atom is -0.273 e. The van der Waals surface area contributed by atoms with Crippen molar-refractivity contribution in [3.05, 3.63) is 94.0 Å². The lowest BCUT2D eigenvalue weighted by Crippen LogP contribution is -2.41. The highest BCUT2D eigenvalue weighted by Gasteiger charge is 2.10. The van der Waals surface area contributed by atoms with E-state index in [1.165, 1.54) is 18.2 Å². The molecule has 0 atom stereocenters. The average molecular weight is 375 g/mol. The van der Waals surface area contributed by atoms with Crippen molar-refractivity contribution in [2.45, 2.75) is 6.42 Å². The van der Waals surface area contributed by atoms with E-state index in [1.54, 1.807) is 12.1 Å². The molecule has 3 aromatic rings. The van der Waals surface area contributed by atoms with Crippen LogP contribution in [0.15, 0.2) is 72.8 Å². The summed E-state index contributed by atoms with van der Waals surface area (Å²) in [5, 5.41) is 13.0. The Morgan fingerprint density at radius 3 is 2.46 bits per heavy atom. The fraction of sp³-hybridized carbons (Fsp3) is 0.0476. The topological polar surface area (TPSA) is 101 Å². The second kappa shape index (κ2) is 8.59. The number of hydrazine groups is 1. The van der Waals surface area contributed by atoms with Gasteiger partial charge in [0.1, 0.15) is 0 Å². The van der Waals surface area contributed by atoms with Crippen LogP contribution in [0.1, 0.15) is 11.1 Å². The van der Waals surface area contributed by atoms with Crippen molar-refractivity contribution in [2.24, 2.45) is 0 Å². The maximum Gasteiger partial charge on any atom is 0.276 e. The van der Waals surface area contributed by atoms with Gasteiger partial charge in [-0.05, 0) is 28.5 Å². The smallest absolute Gasteiger partial charge is 0.273 e. The molecule has 3 rings (SSSR count). The molecule has 0 heterocycles. The molecule has 0 fully saturated rings. The largest absolute Gasteiger partial charge is 0.276 e. The number of hydrogen-bond donors (Lipinski definition) is 2. The Balaban J connectivity index is 1.59. The van der Waals surface area contributed by atoms with E-state index in [4.69, 9.17) is 0 Å². The van der Waals surface area contributed by atoms with E-state index in [0.29, 0.717) is 5.56 Å². The number of nitro groups is 1. The van der Waals surface area contributed by atoms with Gasteiger partial charge in [-0.15, -0.1) is 0 Å². The number of para-hydroxylation sites is 1. The molecule has 0 saturated heterocycles. The number of fused-ring (bicyclic) bond motifs is 1. The van der Waals surface area contributed by atoms with Crippen molar-refractivity contribution in [3.63, 3.8) is 0 Å². The third-order valence-electron chi connectivity index (χ3n) is 4.10. The van der Waals surface area contributed by atoms with Crippen LogP contribution in [0.4, 0.5) is 5.69 Å². The van der Waals surface area contributed by atoms with Gasteiger partial charge in [0.25, 0.3) is 11.6 Å². The van der Waals surface area contributed by atoms with Crippen molar-refractivity contribution in [1.82, 2.24) is 10.9 Å². The molecule has 0 unspecified atom stereocenters. The molecular weight excluding hydrogens is 358 g/mol. The Hall–Kier alpha value is -4.00. The van der Waals surface area contributed by atoms with Crippen LogP contribution in [0.25, 0.3) is 16.8 Å². The Morgan fingerprint density at radius 2 is 1.64 bits per heavy atom. The zero-order valence-corrected chi connectivity index (χ0v) is 14.8. The molecule has 2 amide bonds. The fourth-order valence-electron chi connectivity index (χ4n) is 2.80. The average Bonchev–Trinajstić information content (AvgIpc) is 2.71. The third-order valence-corrected chi connectivity index (χ3v) is 4.10. The minimum atomic E-state index is -0.593. The van der Waals surface area contributed by atoms with Crippen molar-refractivity contribution >= 4 is 34.4 Å². The fourth-order valence-corrected chi connectivity index (χ4v) is 2.80. The van der Waals surface area contributed by atoms with Crippen molar-refractivity contribution in [2.75, 3.05) is 0 Å². The minimum absolute atomic E-state index is 0.105. The third kappa shape index (κ3) is 4.59.